The highest BCUT2D eigenvalue weighted by molar-refractivity contribution is 7.89. The lowest BCUT2D eigenvalue weighted by atomic mass is 10.2. The Kier molecular flexibility index (Phi) is 5.43. The van der Waals surface area contributed by atoms with E-state index in [0.29, 0.717) is 10.6 Å². The van der Waals surface area contributed by atoms with Gasteiger partial charge in [0.15, 0.2) is 0 Å². The van der Waals surface area contributed by atoms with Crippen LogP contribution in [0, 0.1) is 10.1 Å². The lowest BCUT2D eigenvalue weighted by molar-refractivity contribution is -0.385. The van der Waals surface area contributed by atoms with Crippen LogP contribution in [0.1, 0.15) is 5.56 Å². The average Bonchev–Trinajstić information content (AvgIpc) is 2.56. The quantitative estimate of drug-likeness (QED) is 0.575. The smallest absolute Gasteiger partial charge is 0.273 e. The number of sulfonamides is 1. The van der Waals surface area contributed by atoms with Crippen LogP contribution in [0.2, 0.25) is 5.02 Å². The Labute approximate surface area is 144 Å². The number of methoxy groups -OCH3 is 1. The topological polar surface area (TPSA) is 89.7 Å². The third-order valence-corrected chi connectivity index (χ3v) is 5.61. The van der Waals surface area contributed by atoms with Gasteiger partial charge in [-0.15, -0.1) is 0 Å². The van der Waals surface area contributed by atoms with Crippen LogP contribution in [-0.2, 0) is 16.6 Å². The van der Waals surface area contributed by atoms with Crippen LogP contribution in [0.4, 0.5) is 5.69 Å². The van der Waals surface area contributed by atoms with E-state index < -0.39 is 14.9 Å². The Morgan fingerprint density at radius 2 is 1.92 bits per heavy atom. The molecule has 7 nitrogen and oxygen atoms in total. The largest absolute Gasteiger partial charge is 0.495 e. The van der Waals surface area contributed by atoms with E-state index in [4.69, 9.17) is 16.3 Å². The highest BCUT2D eigenvalue weighted by atomic mass is 35.5. The van der Waals surface area contributed by atoms with Gasteiger partial charge in [0, 0.05) is 24.7 Å². The van der Waals surface area contributed by atoms with E-state index in [2.05, 4.69) is 0 Å². The fourth-order valence-electron chi connectivity index (χ4n) is 2.10. The summed E-state index contributed by atoms with van der Waals surface area (Å²) in [7, 11) is -1.25. The van der Waals surface area contributed by atoms with Gasteiger partial charge in [-0.05, 0) is 17.7 Å². The van der Waals surface area contributed by atoms with Gasteiger partial charge in [0.2, 0.25) is 10.0 Å². The minimum Gasteiger partial charge on any atom is -0.495 e. The summed E-state index contributed by atoms with van der Waals surface area (Å²) in [5.74, 6) is -0.0878. The van der Waals surface area contributed by atoms with Crippen molar-refractivity contribution in [3.63, 3.8) is 0 Å². The molecule has 0 radical (unpaired) electrons. The number of non-ortho nitro benzene ring substituents is 1. The highest BCUT2D eigenvalue weighted by Crippen LogP contribution is 2.31. The van der Waals surface area contributed by atoms with E-state index in [1.807, 2.05) is 0 Å². The van der Waals surface area contributed by atoms with Gasteiger partial charge in [0.05, 0.1) is 18.1 Å². The summed E-state index contributed by atoms with van der Waals surface area (Å²) in [6, 6.07) is 10.3. The fourth-order valence-corrected chi connectivity index (χ4v) is 3.58. The maximum atomic E-state index is 12.7. The normalized spacial score (nSPS) is 11.5. The summed E-state index contributed by atoms with van der Waals surface area (Å²) in [6.07, 6.45) is 0. The van der Waals surface area contributed by atoms with Crippen molar-refractivity contribution in [3.8, 4) is 5.75 Å². The molecule has 24 heavy (non-hydrogen) atoms. The Bertz CT molecular complexity index is 870. The van der Waals surface area contributed by atoms with Crippen LogP contribution in [0.5, 0.6) is 5.75 Å². The molecule has 0 aliphatic heterocycles. The van der Waals surface area contributed by atoms with Crippen molar-refractivity contribution in [2.24, 2.45) is 0 Å². The summed E-state index contributed by atoms with van der Waals surface area (Å²) in [4.78, 5) is 10.1. The average molecular weight is 371 g/mol. The van der Waals surface area contributed by atoms with E-state index in [1.165, 1.54) is 14.2 Å². The number of ether oxygens (including phenoxy) is 1. The first-order valence-electron chi connectivity index (χ1n) is 6.79. The monoisotopic (exact) mass is 370 g/mol. The maximum Gasteiger partial charge on any atom is 0.273 e. The van der Waals surface area contributed by atoms with E-state index in [0.717, 1.165) is 22.5 Å². The fraction of sp³-hybridized carbons (Fsp3) is 0.200. The van der Waals surface area contributed by atoms with Crippen molar-refractivity contribution in [3.05, 3.63) is 63.2 Å². The molecule has 0 N–H and O–H groups in total. The predicted octanol–water partition coefficient (Wildman–Crippen LogP) is 3.08. The van der Waals surface area contributed by atoms with Crippen LogP contribution in [-0.4, -0.2) is 31.8 Å². The van der Waals surface area contributed by atoms with Gasteiger partial charge < -0.3 is 4.74 Å². The number of nitro benzene ring substituents is 1. The molecule has 0 saturated heterocycles. The lowest BCUT2D eigenvalue weighted by Crippen LogP contribution is -2.27. The molecule has 0 saturated carbocycles. The molecule has 0 aromatic heterocycles. The third-order valence-electron chi connectivity index (χ3n) is 3.40. The zero-order valence-corrected chi connectivity index (χ0v) is 14.5. The molecule has 0 heterocycles. The molecule has 0 aliphatic rings. The summed E-state index contributed by atoms with van der Waals surface area (Å²) < 4.78 is 31.6. The molecule has 2 rings (SSSR count). The van der Waals surface area contributed by atoms with Crippen LogP contribution in [0.15, 0.2) is 47.4 Å². The molecule has 0 aliphatic carbocycles. The Hall–Kier alpha value is -2.16. The molecular formula is C15H15ClN2O5S. The Morgan fingerprint density at radius 1 is 1.25 bits per heavy atom. The second-order valence-electron chi connectivity index (χ2n) is 4.94. The molecule has 2 aromatic rings. The summed E-state index contributed by atoms with van der Waals surface area (Å²) in [5, 5.41) is 11.3. The number of benzene rings is 2. The molecule has 0 atom stereocenters. The molecule has 2 aromatic carbocycles. The van der Waals surface area contributed by atoms with E-state index >= 15 is 0 Å². The minimum atomic E-state index is -3.91. The van der Waals surface area contributed by atoms with E-state index in [9.17, 15) is 18.5 Å². The van der Waals surface area contributed by atoms with Gasteiger partial charge in [-0.2, -0.15) is 4.31 Å². The Morgan fingerprint density at radius 3 is 2.50 bits per heavy atom. The molecule has 0 amide bonds. The SMILES string of the molecule is COc1cc([N+](=O)[O-])ccc1S(=O)(=O)N(C)Cc1ccccc1Cl. The van der Waals surface area contributed by atoms with Crippen molar-refractivity contribution in [2.45, 2.75) is 11.4 Å². The number of halogens is 1. The van der Waals surface area contributed by atoms with Crippen LogP contribution < -0.4 is 4.74 Å². The van der Waals surface area contributed by atoms with Crippen LogP contribution >= 0.6 is 11.6 Å². The van der Waals surface area contributed by atoms with Crippen molar-refractivity contribution in [2.75, 3.05) is 14.2 Å². The number of nitro groups is 1. The van der Waals surface area contributed by atoms with Gasteiger partial charge in [-0.3, -0.25) is 10.1 Å². The first kappa shape index (κ1) is 18.2. The first-order chi connectivity index (χ1) is 11.3. The predicted molar refractivity (Wildman–Crippen MR) is 89.8 cm³/mol. The first-order valence-corrected chi connectivity index (χ1v) is 8.61. The zero-order valence-electron chi connectivity index (χ0n) is 13.0. The second-order valence-corrected chi connectivity index (χ2v) is 7.37. The molecule has 0 spiro atoms. The van der Waals surface area contributed by atoms with Gasteiger partial charge in [0.25, 0.3) is 5.69 Å². The van der Waals surface area contributed by atoms with Gasteiger partial charge >= 0.3 is 0 Å². The summed E-state index contributed by atoms with van der Waals surface area (Å²) in [6.45, 7) is 0.0577. The van der Waals surface area contributed by atoms with Crippen molar-refractivity contribution < 1.29 is 18.1 Å². The number of hydrogen-bond acceptors (Lipinski definition) is 5. The van der Waals surface area contributed by atoms with Crippen LogP contribution in [0.25, 0.3) is 0 Å². The van der Waals surface area contributed by atoms with E-state index in [1.54, 1.807) is 24.3 Å². The molecule has 128 valence electrons. The van der Waals surface area contributed by atoms with Gasteiger partial charge in [-0.1, -0.05) is 29.8 Å². The van der Waals surface area contributed by atoms with Gasteiger partial charge in [0.1, 0.15) is 10.6 Å². The van der Waals surface area contributed by atoms with Crippen molar-refractivity contribution in [1.82, 2.24) is 4.31 Å². The number of nitrogens with zero attached hydrogens (tertiary/aromatic N) is 2. The van der Waals surface area contributed by atoms with Crippen molar-refractivity contribution in [1.29, 1.82) is 0 Å². The summed E-state index contributed by atoms with van der Waals surface area (Å²) in [5.41, 5.74) is 0.394. The highest BCUT2D eigenvalue weighted by Gasteiger charge is 2.27. The molecular weight excluding hydrogens is 356 g/mol. The standard InChI is InChI=1S/C15H15ClN2O5S/c1-17(10-11-5-3-4-6-13(11)16)24(21,22)15-8-7-12(18(19)20)9-14(15)23-2/h3-9H,10H2,1-2H3. The zero-order chi connectivity index (χ0) is 17.9. The lowest BCUT2D eigenvalue weighted by Gasteiger charge is -2.19. The summed E-state index contributed by atoms with van der Waals surface area (Å²) >= 11 is 6.06. The third kappa shape index (κ3) is 3.66. The molecule has 0 bridgehead atoms. The maximum absolute atomic E-state index is 12.7. The number of rotatable bonds is 6. The number of hydrogen-bond donors (Lipinski definition) is 0. The molecule has 0 fully saturated rings. The van der Waals surface area contributed by atoms with Crippen molar-refractivity contribution >= 4 is 27.3 Å². The van der Waals surface area contributed by atoms with E-state index in [-0.39, 0.29) is 22.9 Å². The van der Waals surface area contributed by atoms with Gasteiger partial charge in [-0.25, -0.2) is 8.42 Å². The Balaban J connectivity index is 2.39. The second kappa shape index (κ2) is 7.16. The molecule has 9 heteroatoms. The van der Waals surface area contributed by atoms with Crippen LogP contribution in [0.3, 0.4) is 0 Å². The minimum absolute atomic E-state index is 0.0577. The molecule has 0 unspecified atom stereocenters.